The number of nitrogens with zero attached hydrogens (tertiary/aromatic N) is 4. The van der Waals surface area contributed by atoms with Gasteiger partial charge in [0.25, 0.3) is 5.69 Å². The van der Waals surface area contributed by atoms with Gasteiger partial charge in [-0.1, -0.05) is 41.1 Å². The fourth-order valence-electron chi connectivity index (χ4n) is 2.62. The van der Waals surface area contributed by atoms with Gasteiger partial charge < -0.3 is 5.32 Å². The van der Waals surface area contributed by atoms with E-state index in [1.165, 1.54) is 30.0 Å². The third kappa shape index (κ3) is 4.49. The van der Waals surface area contributed by atoms with Crippen molar-refractivity contribution in [3.63, 3.8) is 0 Å². The molecule has 0 radical (unpaired) electrons. The molecule has 0 saturated heterocycles. The summed E-state index contributed by atoms with van der Waals surface area (Å²) in [6, 6.07) is 10.1. The van der Waals surface area contributed by atoms with E-state index in [0.29, 0.717) is 10.8 Å². The minimum absolute atomic E-state index is 0.0129. The number of amides is 1. The van der Waals surface area contributed by atoms with Crippen LogP contribution in [0, 0.1) is 24.0 Å². The lowest BCUT2D eigenvalue weighted by atomic mass is 10.1. The number of halogens is 1. The van der Waals surface area contributed by atoms with Crippen LogP contribution in [0.25, 0.3) is 5.69 Å². The summed E-state index contributed by atoms with van der Waals surface area (Å²) in [6.07, 6.45) is 1.60. The number of aryl methyl sites for hydroxylation is 2. The summed E-state index contributed by atoms with van der Waals surface area (Å²) < 4.78 is 1.82. The van der Waals surface area contributed by atoms with E-state index >= 15 is 0 Å². The number of carbonyl (C=O) groups excluding carboxylic acids is 1. The number of benzene rings is 2. The molecule has 0 aliphatic heterocycles. The standard InChI is InChI=1S/C18H16ClN5O3S/c1-11-3-6-15(12(2)7-11)23-10-20-22-18(23)28-9-17(25)21-13-4-5-14(19)16(8-13)24(26)27/h3-8,10H,9H2,1-2H3,(H,21,25). The second kappa shape index (κ2) is 8.41. The monoisotopic (exact) mass is 417 g/mol. The molecule has 28 heavy (non-hydrogen) atoms. The van der Waals surface area contributed by atoms with Crippen LogP contribution < -0.4 is 5.32 Å². The van der Waals surface area contributed by atoms with Crippen molar-refractivity contribution in [2.45, 2.75) is 19.0 Å². The van der Waals surface area contributed by atoms with Crippen LogP contribution in [0.3, 0.4) is 0 Å². The number of hydrogen-bond acceptors (Lipinski definition) is 6. The highest BCUT2D eigenvalue weighted by Crippen LogP contribution is 2.28. The Bertz CT molecular complexity index is 1050. The first-order chi connectivity index (χ1) is 13.3. The third-order valence-corrected chi connectivity index (χ3v) is 5.15. The van der Waals surface area contributed by atoms with Gasteiger partial charge in [-0.25, -0.2) is 0 Å². The van der Waals surface area contributed by atoms with E-state index < -0.39 is 4.92 Å². The summed E-state index contributed by atoms with van der Waals surface area (Å²) in [6.45, 7) is 4.01. The highest BCUT2D eigenvalue weighted by Gasteiger charge is 2.15. The minimum Gasteiger partial charge on any atom is -0.325 e. The number of anilines is 1. The molecule has 0 saturated carbocycles. The van der Waals surface area contributed by atoms with Gasteiger partial charge >= 0.3 is 0 Å². The molecule has 0 fully saturated rings. The maximum absolute atomic E-state index is 12.2. The summed E-state index contributed by atoms with van der Waals surface area (Å²) in [7, 11) is 0. The van der Waals surface area contributed by atoms with Crippen LogP contribution in [-0.4, -0.2) is 31.3 Å². The highest BCUT2D eigenvalue weighted by molar-refractivity contribution is 7.99. The van der Waals surface area contributed by atoms with Gasteiger partial charge in [0.05, 0.1) is 16.4 Å². The van der Waals surface area contributed by atoms with Gasteiger partial charge in [0, 0.05) is 11.8 Å². The lowest BCUT2D eigenvalue weighted by Gasteiger charge is -2.10. The van der Waals surface area contributed by atoms with Crippen LogP contribution in [-0.2, 0) is 4.79 Å². The van der Waals surface area contributed by atoms with Gasteiger partial charge in [-0.15, -0.1) is 10.2 Å². The van der Waals surface area contributed by atoms with Crippen molar-refractivity contribution in [2.75, 3.05) is 11.1 Å². The second-order valence-electron chi connectivity index (χ2n) is 6.03. The fourth-order valence-corrected chi connectivity index (χ4v) is 3.53. The number of nitrogens with one attached hydrogen (secondary N) is 1. The molecule has 10 heteroatoms. The van der Waals surface area contributed by atoms with Gasteiger partial charge in [0.15, 0.2) is 5.16 Å². The van der Waals surface area contributed by atoms with Gasteiger partial charge in [-0.05, 0) is 37.6 Å². The van der Waals surface area contributed by atoms with Crippen LogP contribution >= 0.6 is 23.4 Å². The molecule has 3 rings (SSSR count). The molecule has 144 valence electrons. The van der Waals surface area contributed by atoms with E-state index in [1.807, 2.05) is 30.5 Å². The maximum Gasteiger partial charge on any atom is 0.289 e. The Hall–Kier alpha value is -2.91. The maximum atomic E-state index is 12.2. The van der Waals surface area contributed by atoms with Crippen molar-refractivity contribution in [2.24, 2.45) is 0 Å². The SMILES string of the molecule is Cc1ccc(-n2cnnc2SCC(=O)Nc2ccc(Cl)c([N+](=O)[O-])c2)c(C)c1. The average Bonchev–Trinajstić information content (AvgIpc) is 3.09. The zero-order valence-corrected chi connectivity index (χ0v) is 16.6. The lowest BCUT2D eigenvalue weighted by Crippen LogP contribution is -2.14. The van der Waals surface area contributed by atoms with E-state index in [9.17, 15) is 14.9 Å². The Morgan fingerprint density at radius 1 is 1.29 bits per heavy atom. The van der Waals surface area contributed by atoms with Crippen molar-refractivity contribution >= 4 is 40.6 Å². The zero-order chi connectivity index (χ0) is 20.3. The van der Waals surface area contributed by atoms with Crippen LogP contribution in [0.15, 0.2) is 47.9 Å². The van der Waals surface area contributed by atoms with Crippen LogP contribution in [0.1, 0.15) is 11.1 Å². The van der Waals surface area contributed by atoms with Crippen molar-refractivity contribution in [1.29, 1.82) is 0 Å². The number of carbonyl (C=O) groups is 1. The van der Waals surface area contributed by atoms with Crippen molar-refractivity contribution in [1.82, 2.24) is 14.8 Å². The third-order valence-electron chi connectivity index (χ3n) is 3.89. The smallest absolute Gasteiger partial charge is 0.289 e. The molecule has 0 aliphatic carbocycles. The number of nitro benzene ring substituents is 1. The lowest BCUT2D eigenvalue weighted by molar-refractivity contribution is -0.384. The van der Waals surface area contributed by atoms with Crippen LogP contribution in [0.2, 0.25) is 5.02 Å². The van der Waals surface area contributed by atoms with E-state index in [2.05, 4.69) is 21.6 Å². The fraction of sp³-hybridized carbons (Fsp3) is 0.167. The molecule has 0 spiro atoms. The van der Waals surface area contributed by atoms with Gasteiger partial charge in [0.1, 0.15) is 11.3 Å². The molecule has 1 amide bonds. The molecule has 0 unspecified atom stereocenters. The van der Waals surface area contributed by atoms with Crippen molar-refractivity contribution in [3.8, 4) is 5.69 Å². The first-order valence-corrected chi connectivity index (χ1v) is 9.56. The zero-order valence-electron chi connectivity index (χ0n) is 15.0. The molecule has 2 aromatic carbocycles. The van der Waals surface area contributed by atoms with Crippen molar-refractivity contribution < 1.29 is 9.72 Å². The van der Waals surface area contributed by atoms with Gasteiger partial charge in [-0.3, -0.25) is 19.5 Å². The molecule has 3 aromatic rings. The Morgan fingerprint density at radius 2 is 2.07 bits per heavy atom. The van der Waals surface area contributed by atoms with E-state index in [4.69, 9.17) is 11.6 Å². The number of aromatic nitrogens is 3. The summed E-state index contributed by atoms with van der Waals surface area (Å²) in [5.74, 6) is -0.253. The second-order valence-corrected chi connectivity index (χ2v) is 7.38. The molecular weight excluding hydrogens is 402 g/mol. The van der Waals surface area contributed by atoms with Crippen LogP contribution in [0.4, 0.5) is 11.4 Å². The van der Waals surface area contributed by atoms with Gasteiger partial charge in [0.2, 0.25) is 5.91 Å². The minimum atomic E-state index is -0.598. The number of thioether (sulfide) groups is 1. The Morgan fingerprint density at radius 3 is 2.79 bits per heavy atom. The summed E-state index contributed by atoms with van der Waals surface area (Å²) in [5.41, 5.74) is 3.20. The number of nitro groups is 1. The normalized spacial score (nSPS) is 10.7. The molecular formula is C18H16ClN5O3S. The topological polar surface area (TPSA) is 103 Å². The summed E-state index contributed by atoms with van der Waals surface area (Å²) >= 11 is 7.00. The summed E-state index contributed by atoms with van der Waals surface area (Å²) in [5, 5.41) is 22.2. The molecule has 1 heterocycles. The quantitative estimate of drug-likeness (QED) is 0.366. The molecule has 0 bridgehead atoms. The molecule has 1 N–H and O–H groups in total. The Labute approximate surface area is 170 Å². The highest BCUT2D eigenvalue weighted by atomic mass is 35.5. The number of hydrogen-bond donors (Lipinski definition) is 1. The largest absolute Gasteiger partial charge is 0.325 e. The van der Waals surface area contributed by atoms with E-state index in [0.717, 1.165) is 16.8 Å². The Kier molecular flexibility index (Phi) is 5.96. The predicted molar refractivity (Wildman–Crippen MR) is 108 cm³/mol. The predicted octanol–water partition coefficient (Wildman–Crippen LogP) is 4.18. The molecule has 1 aromatic heterocycles. The van der Waals surface area contributed by atoms with Gasteiger partial charge in [-0.2, -0.15) is 0 Å². The van der Waals surface area contributed by atoms with E-state index in [1.54, 1.807) is 6.33 Å². The number of rotatable bonds is 6. The average molecular weight is 418 g/mol. The summed E-state index contributed by atoms with van der Waals surface area (Å²) in [4.78, 5) is 22.6. The van der Waals surface area contributed by atoms with Crippen LogP contribution in [0.5, 0.6) is 0 Å². The molecule has 0 aliphatic rings. The molecule has 0 atom stereocenters. The molecule has 8 nitrogen and oxygen atoms in total. The van der Waals surface area contributed by atoms with Crippen molar-refractivity contribution in [3.05, 3.63) is 69.0 Å². The Balaban J connectivity index is 1.69. The first-order valence-electron chi connectivity index (χ1n) is 8.19. The first kappa shape index (κ1) is 19.8. The van der Waals surface area contributed by atoms with E-state index in [-0.39, 0.29) is 22.4 Å².